The van der Waals surface area contributed by atoms with E-state index in [9.17, 15) is 27.4 Å². The Kier molecular flexibility index (Phi) is 12.6. The van der Waals surface area contributed by atoms with Crippen molar-refractivity contribution in [2.75, 3.05) is 9.80 Å². The predicted molar refractivity (Wildman–Crippen MR) is 503 cm³/mol. The Morgan fingerprint density at radius 3 is 1.14 bits per heavy atom. The maximum atomic E-state index is 12.2. The summed E-state index contributed by atoms with van der Waals surface area (Å²) in [5.74, 6) is -1.61. The molecule has 3 aliphatic rings. The number of para-hydroxylation sites is 2. The molecule has 0 radical (unpaired) electrons. The summed E-state index contributed by atoms with van der Waals surface area (Å²) in [6, 6.07) is 34.1. The number of rotatable bonds is 8. The van der Waals surface area contributed by atoms with E-state index in [1.807, 2.05) is 34.1 Å². The molecule has 4 nitrogen and oxygen atoms in total. The Bertz CT molecular complexity index is 8020. The Labute approximate surface area is 731 Å². The van der Waals surface area contributed by atoms with Gasteiger partial charge in [-0.25, -0.2) is 0 Å². The molecule has 117 heavy (non-hydrogen) atoms. The first-order chi connectivity index (χ1) is 64.6. The van der Waals surface area contributed by atoms with Crippen molar-refractivity contribution in [1.29, 1.82) is 0 Å². The summed E-state index contributed by atoms with van der Waals surface area (Å²) >= 11 is -1.24. The Hall–Kier alpha value is -10.9. The van der Waals surface area contributed by atoms with Gasteiger partial charge in [-0.1, -0.05) is 195 Å². The first kappa shape index (κ1) is 54.9. The molecule has 19 rings (SSSR count). The van der Waals surface area contributed by atoms with Crippen LogP contribution in [0.1, 0.15) is 248 Å². The fourth-order valence-corrected chi connectivity index (χ4v) is 19.9. The number of anilines is 6. The van der Waals surface area contributed by atoms with E-state index in [4.69, 9.17) is 2.74 Å². The van der Waals surface area contributed by atoms with E-state index >= 15 is 0 Å². The first-order valence-electron chi connectivity index (χ1n) is 51.7. The van der Waals surface area contributed by atoms with Crippen LogP contribution >= 0.6 is 0 Å². The van der Waals surface area contributed by atoms with E-state index in [2.05, 4.69) is 255 Å². The zero-order chi connectivity index (χ0) is 101. The van der Waals surface area contributed by atoms with E-state index in [1.54, 1.807) is 0 Å². The van der Waals surface area contributed by atoms with Crippen molar-refractivity contribution >= 4 is 89.9 Å². The molecule has 16 aromatic rings. The van der Waals surface area contributed by atoms with Crippen molar-refractivity contribution in [3.8, 4) is 67.0 Å². The minimum absolute atomic E-state index is 0.00166. The number of fused-ring (bicyclic) bond motifs is 14. The third-order valence-electron chi connectivity index (χ3n) is 24.1. The van der Waals surface area contributed by atoms with Gasteiger partial charge in [-0.05, 0) is 73.4 Å². The van der Waals surface area contributed by atoms with E-state index in [-0.39, 0.29) is 110 Å². The average Bonchev–Trinajstić information content (AvgIpc) is 1.57. The van der Waals surface area contributed by atoms with Gasteiger partial charge < -0.3 is 0 Å². The van der Waals surface area contributed by atoms with E-state index in [0.717, 1.165) is 55.6 Å². The van der Waals surface area contributed by atoms with Crippen molar-refractivity contribution in [1.82, 2.24) is 9.13 Å². The number of hydrogen-bond donors (Lipinski definition) is 0. The SMILES string of the molecule is [2H]c1c([2H])c([2H])c2c(c1[2H])Cc1c-2c2c([2H])c([2H])c([2H])c([2H])c2n1-c1c([2H])c([2H])c2c(c1[2H])N(c1c(-c3cccc(C(C)(C)C)c3)cc(C(C)(C)C)cc1-c1cccc(C(C)(C)C)c1)c1cc(C(C)(C)C)cc3c1C2c1c([2H])c([2H])c(-n2c4[se]c5c([2H])c([2H])c([2H])c([2H])c5c4c4c([2H])c([2H])c([2H])c([2H])c42)c([2H])c1N3c1c(-c2cccc(C(C)(C)C)c2)cc(C(C)(C)C)cc1-c1cccc(C(C)(C)C)c1. The van der Waals surface area contributed by atoms with Crippen LogP contribution in [0.25, 0.3) is 108 Å². The summed E-state index contributed by atoms with van der Waals surface area (Å²) < 4.78 is 228. The molecule has 0 saturated heterocycles. The summed E-state index contributed by atoms with van der Waals surface area (Å²) in [6.07, 6.45) is -0.340. The normalized spacial score (nSPS) is 17.0. The van der Waals surface area contributed by atoms with Gasteiger partial charge in [0.05, 0.1) is 16.5 Å². The molecule has 0 spiro atoms. The molecule has 584 valence electrons. The second-order valence-corrected chi connectivity index (χ2v) is 41.5. The monoisotopic (exact) mass is 1610 g/mol. The van der Waals surface area contributed by atoms with Crippen LogP contribution in [-0.2, 0) is 44.3 Å². The van der Waals surface area contributed by atoms with E-state index < -0.39 is 185 Å². The molecule has 1 atom stereocenters. The molecule has 1 aliphatic carbocycles. The van der Waals surface area contributed by atoms with Gasteiger partial charge in [0, 0.05) is 23.1 Å². The zero-order valence-electron chi connectivity index (χ0n) is 92.7. The van der Waals surface area contributed by atoms with Gasteiger partial charge in [0.25, 0.3) is 0 Å². The summed E-state index contributed by atoms with van der Waals surface area (Å²) in [5, 5.41) is -0.225. The Morgan fingerprint density at radius 2 is 0.701 bits per heavy atom. The number of aromatic nitrogens is 2. The number of nitrogens with zero attached hydrogens (tertiary/aromatic N) is 4. The quantitative estimate of drug-likeness (QED) is 0.141. The summed E-state index contributed by atoms with van der Waals surface area (Å²) in [4.78, 5) is 4.08. The second kappa shape index (κ2) is 26.8. The molecule has 0 fully saturated rings. The maximum absolute atomic E-state index is 12.2. The van der Waals surface area contributed by atoms with Gasteiger partial charge in [0.2, 0.25) is 0 Å². The fourth-order valence-electron chi connectivity index (χ4n) is 17.5. The van der Waals surface area contributed by atoms with Gasteiger partial charge in [-0.2, -0.15) is 0 Å². The Balaban J connectivity index is 1.11. The first-order valence-corrected chi connectivity index (χ1v) is 42.4. The average molecular weight is 1610 g/mol. The molecule has 3 aromatic heterocycles. The van der Waals surface area contributed by atoms with Crippen LogP contribution in [0.5, 0.6) is 0 Å². The Morgan fingerprint density at radius 1 is 0.333 bits per heavy atom. The van der Waals surface area contributed by atoms with Crippen molar-refractivity contribution < 1.29 is 30.2 Å². The van der Waals surface area contributed by atoms with Gasteiger partial charge in [-0.15, -0.1) is 0 Å². The molecular weight excluding hydrogens is 1480 g/mol. The summed E-state index contributed by atoms with van der Waals surface area (Å²) in [5.41, 5.74) is 8.95. The topological polar surface area (TPSA) is 16.3 Å². The molecule has 2 aliphatic heterocycles. The molecule has 1 unspecified atom stereocenters. The molecule has 5 heterocycles. The standard InChI is InChI=1S/C112H110N4Se/c1-106(2,3)72-39-30-35-67(54-72)87-59-76(110(13,14)15)60-88(68-36-31-40-73(55-68)107(4,5)6)103(87)115-93-65-79(113-91-47-27-24-44-82(91)99-81-43-23-22-34-71(81)58-95(99)113)50-52-84(93)100-85-53-51-80(114-92-48-28-25-45-83(92)101-86-46-26-29-49-98(86)117-105(101)114)66-94(85)116(97-64-78(112(19,20)21)63-96(115)102(97)100)104-89(69-37-32-41-74(56-69)108(7,8)9)61-77(111(16,17)18)62-90(104)70-38-33-42-75(57-70)109(10,11)12/h22-57,59-66,100H,58H2,1-21H3/i22D,23D,24D,25D,26D,27D,28D,29D,34D,43D,44D,45D,46D,47D,48D,49D,50D,51D,52D,53D,65D,66D. The molecule has 5 heteroatoms. The molecule has 0 amide bonds. The second-order valence-electron chi connectivity index (χ2n) is 39.4. The molecule has 0 N–H and O–H groups in total. The molecular formula is C112H110N4Se. The van der Waals surface area contributed by atoms with Crippen LogP contribution in [0, 0.1) is 0 Å². The number of benzene rings is 13. The third kappa shape index (κ3) is 12.6. The fraction of sp³-hybridized carbons (Fsp3) is 0.268. The van der Waals surface area contributed by atoms with Gasteiger partial charge in [0.1, 0.15) is 0 Å². The number of hydrogen-bond acceptors (Lipinski definition) is 2. The van der Waals surface area contributed by atoms with Gasteiger partial charge in [-0.3, -0.25) is 0 Å². The van der Waals surface area contributed by atoms with Crippen LogP contribution in [-0.4, -0.2) is 23.6 Å². The van der Waals surface area contributed by atoms with Gasteiger partial charge in [0.15, 0.2) is 0 Å². The van der Waals surface area contributed by atoms with Crippen molar-refractivity contribution in [3.63, 3.8) is 0 Å². The van der Waals surface area contributed by atoms with Crippen LogP contribution < -0.4 is 9.80 Å². The molecule has 0 bridgehead atoms. The minimum atomic E-state index is -1.61. The summed E-state index contributed by atoms with van der Waals surface area (Å²) in [6.45, 7) is 45.0. The van der Waals surface area contributed by atoms with Gasteiger partial charge >= 0.3 is 427 Å². The summed E-state index contributed by atoms with van der Waals surface area (Å²) in [7, 11) is 0. The molecule has 0 saturated carbocycles. The van der Waals surface area contributed by atoms with E-state index in [0.29, 0.717) is 56.1 Å². The van der Waals surface area contributed by atoms with Crippen molar-refractivity contribution in [2.45, 2.75) is 196 Å². The van der Waals surface area contributed by atoms with Crippen LogP contribution in [0.15, 0.2) is 266 Å². The van der Waals surface area contributed by atoms with Crippen LogP contribution in [0.3, 0.4) is 0 Å². The predicted octanol–water partition coefficient (Wildman–Crippen LogP) is 31.0. The van der Waals surface area contributed by atoms with E-state index in [1.165, 1.54) is 9.13 Å². The van der Waals surface area contributed by atoms with Crippen LogP contribution in [0.4, 0.5) is 34.1 Å². The zero-order valence-corrected chi connectivity index (χ0v) is 72.4. The van der Waals surface area contributed by atoms with Crippen molar-refractivity contribution in [2.24, 2.45) is 0 Å². The third-order valence-corrected chi connectivity index (χ3v) is 26.4. The van der Waals surface area contributed by atoms with Crippen molar-refractivity contribution in [3.05, 3.63) is 333 Å². The molecule has 13 aromatic carbocycles. The van der Waals surface area contributed by atoms with Crippen LogP contribution in [0.2, 0.25) is 0 Å².